The maximum absolute atomic E-state index is 13.1. The van der Waals surface area contributed by atoms with E-state index in [-0.39, 0.29) is 28.9 Å². The van der Waals surface area contributed by atoms with Gasteiger partial charge in [0.05, 0.1) is 0 Å². The van der Waals surface area contributed by atoms with Crippen LogP contribution in [0.15, 0.2) is 34.6 Å². The normalized spacial score (nSPS) is 22.3. The fraction of sp³-hybridized carbons (Fsp3) is 0.381. The molecule has 0 radical (unpaired) electrons. The summed E-state index contributed by atoms with van der Waals surface area (Å²) in [6.45, 7) is -0.596. The second-order valence-electron chi connectivity index (χ2n) is 8.47. The molecule has 2 aromatic rings. The summed E-state index contributed by atoms with van der Waals surface area (Å²) in [4.78, 5) is 66.3. The van der Waals surface area contributed by atoms with Crippen molar-refractivity contribution in [2.24, 2.45) is 10.6 Å². The molecule has 206 valence electrons. The van der Waals surface area contributed by atoms with Crippen molar-refractivity contribution >= 4 is 65.1 Å². The highest BCUT2D eigenvalue weighted by molar-refractivity contribution is 8.00. The molecule has 3 heterocycles. The van der Waals surface area contributed by atoms with Crippen LogP contribution in [0.1, 0.15) is 5.56 Å². The van der Waals surface area contributed by atoms with Gasteiger partial charge in [0.25, 0.3) is 5.91 Å². The van der Waals surface area contributed by atoms with E-state index < -0.39 is 47.1 Å². The Labute approximate surface area is 228 Å². The average molecular weight is 579 g/mol. The fourth-order valence-corrected chi connectivity index (χ4v) is 6.72. The number of carbonyl (C=O) groups is 5. The Morgan fingerprint density at radius 2 is 2.15 bits per heavy atom. The fourth-order valence-electron chi connectivity index (χ4n) is 3.99. The molecule has 39 heavy (non-hydrogen) atoms. The van der Waals surface area contributed by atoms with Crippen molar-refractivity contribution in [2.45, 2.75) is 23.1 Å². The highest BCUT2D eigenvalue weighted by Crippen LogP contribution is 2.44. The zero-order valence-corrected chi connectivity index (χ0v) is 21.8. The average Bonchev–Trinajstić information content (AvgIpc) is 3.35. The minimum absolute atomic E-state index is 0.0152. The monoisotopic (exact) mass is 578 g/mol. The Morgan fingerprint density at radius 3 is 2.85 bits per heavy atom. The number of hydrogen-bond acceptors (Lipinski definition) is 12. The number of nitrogens with one attached hydrogen (secondary N) is 2. The number of rotatable bonds is 12. The highest BCUT2D eigenvalue weighted by Gasteiger charge is 2.57. The van der Waals surface area contributed by atoms with Gasteiger partial charge in [-0.15, -0.1) is 16.9 Å². The number of benzene rings is 1. The Kier molecular flexibility index (Phi) is 8.34. The van der Waals surface area contributed by atoms with Gasteiger partial charge in [0.15, 0.2) is 5.71 Å². The van der Waals surface area contributed by atoms with Gasteiger partial charge in [0, 0.05) is 29.3 Å². The van der Waals surface area contributed by atoms with Crippen LogP contribution in [0.4, 0.5) is 5.69 Å². The zero-order chi connectivity index (χ0) is 28.2. The Hall–Kier alpha value is -4.19. The zero-order valence-electron chi connectivity index (χ0n) is 20.2. The van der Waals surface area contributed by atoms with E-state index in [1.54, 1.807) is 18.2 Å². The predicted molar refractivity (Wildman–Crippen MR) is 136 cm³/mol. The Balaban J connectivity index is 1.43. The number of hydrogen-bond donors (Lipinski definition) is 4. The van der Waals surface area contributed by atoms with E-state index in [1.807, 2.05) is 0 Å². The summed E-state index contributed by atoms with van der Waals surface area (Å²) in [5.74, 6) is -3.32. The van der Waals surface area contributed by atoms with Crippen LogP contribution >= 0.6 is 23.5 Å². The number of carbonyl (C=O) groups excluding carboxylic acids is 3. The van der Waals surface area contributed by atoms with Gasteiger partial charge in [-0.1, -0.05) is 29.1 Å². The number of nitrogens with zero attached hydrogens (tertiary/aromatic N) is 6. The lowest BCUT2D eigenvalue weighted by molar-refractivity contribution is -0.157. The van der Waals surface area contributed by atoms with Crippen LogP contribution in [0.3, 0.4) is 0 Å². The van der Waals surface area contributed by atoms with E-state index in [0.29, 0.717) is 17.7 Å². The summed E-state index contributed by atoms with van der Waals surface area (Å²) in [6, 6.07) is 5.41. The molecule has 1 aromatic carbocycles. The van der Waals surface area contributed by atoms with Crippen molar-refractivity contribution in [1.29, 1.82) is 0 Å². The number of amides is 3. The molecule has 18 heteroatoms. The first-order valence-electron chi connectivity index (χ1n) is 11.2. The molecule has 4 N–H and O–H groups in total. The number of oxime groups is 1. The second-order valence-corrected chi connectivity index (χ2v) is 10.5. The van der Waals surface area contributed by atoms with E-state index in [4.69, 9.17) is 9.94 Å². The first kappa shape index (κ1) is 27.8. The summed E-state index contributed by atoms with van der Waals surface area (Å²) in [6.07, 6.45) is 0.488. The molecule has 1 aromatic heterocycles. The molecule has 2 fully saturated rings. The number of aromatic nitrogens is 4. The van der Waals surface area contributed by atoms with Crippen molar-refractivity contribution in [3.63, 3.8) is 0 Å². The van der Waals surface area contributed by atoms with Gasteiger partial charge in [0.2, 0.25) is 17.5 Å². The largest absolute Gasteiger partial charge is 0.481 e. The van der Waals surface area contributed by atoms with Crippen LogP contribution in [0, 0.1) is 5.41 Å². The highest BCUT2D eigenvalue weighted by atomic mass is 32.2. The second kappa shape index (κ2) is 11.7. The van der Waals surface area contributed by atoms with Crippen LogP contribution in [-0.2, 0) is 35.4 Å². The maximum Gasteiger partial charge on any atom is 0.325 e. The molecule has 2 aliphatic heterocycles. The third kappa shape index (κ3) is 5.80. The minimum atomic E-state index is -1.36. The lowest BCUT2D eigenvalue weighted by Crippen LogP contribution is -2.74. The number of tetrazole rings is 1. The van der Waals surface area contributed by atoms with Crippen LogP contribution in [0.2, 0.25) is 0 Å². The number of fused-ring (bicyclic) bond motifs is 1. The van der Waals surface area contributed by atoms with Gasteiger partial charge in [-0.25, -0.2) is 4.68 Å². The molecule has 3 amide bonds. The number of carboxylic acids is 2. The summed E-state index contributed by atoms with van der Waals surface area (Å²) in [7, 11) is 1.26. The van der Waals surface area contributed by atoms with Gasteiger partial charge < -0.3 is 30.6 Å². The molecule has 2 unspecified atom stereocenters. The lowest BCUT2D eigenvalue weighted by Gasteiger charge is -2.53. The lowest BCUT2D eigenvalue weighted by atomic mass is 9.89. The molecule has 0 saturated carbocycles. The molecule has 16 nitrogen and oxygen atoms in total. The first-order chi connectivity index (χ1) is 18.7. The van der Waals surface area contributed by atoms with Crippen molar-refractivity contribution in [1.82, 2.24) is 30.4 Å². The maximum atomic E-state index is 13.1. The number of thioether (sulfide) groups is 2. The van der Waals surface area contributed by atoms with Gasteiger partial charge in [0.1, 0.15) is 30.5 Å². The molecule has 2 saturated heterocycles. The predicted octanol–water partition coefficient (Wildman–Crippen LogP) is -1.06. The van der Waals surface area contributed by atoms with Crippen LogP contribution < -0.4 is 10.6 Å². The Morgan fingerprint density at radius 1 is 1.36 bits per heavy atom. The number of aliphatic carboxylic acids is 2. The standard InChI is InChI=1S/C21H22N8O8S2/c1-37-25-14(11-3-2-4-12(5-11)22-10-30)16(33)23-15-17(34)28-7-21(19(35)36,8-38-18(15)28)9-39-20-24-26-27-29(20)6-13(31)32/h2-5,10,15,18H,6-9H2,1H3,(H,22,30)(H,23,33)(H,31,32)(H,35,36)/t15?,18-,21?/m1/s1. The number of anilines is 1. The number of carboxylic acid groups (broad SMARTS) is 2. The summed E-state index contributed by atoms with van der Waals surface area (Å²) < 4.78 is 1.05. The van der Waals surface area contributed by atoms with E-state index in [9.17, 15) is 29.1 Å². The van der Waals surface area contributed by atoms with Gasteiger partial charge in [-0.05, 0) is 22.6 Å². The minimum Gasteiger partial charge on any atom is -0.481 e. The summed E-state index contributed by atoms with van der Waals surface area (Å²) in [5.41, 5.74) is -0.707. The molecule has 0 bridgehead atoms. The van der Waals surface area contributed by atoms with Gasteiger partial charge in [-0.2, -0.15) is 0 Å². The van der Waals surface area contributed by atoms with E-state index in [0.717, 1.165) is 16.4 Å². The molecule has 0 spiro atoms. The molecular formula is C21H22N8O8S2. The topological polar surface area (TPSA) is 218 Å². The molecular weight excluding hydrogens is 556 g/mol. The first-order valence-corrected chi connectivity index (χ1v) is 13.2. The van der Waals surface area contributed by atoms with Crippen molar-refractivity contribution in [2.75, 3.05) is 30.5 Å². The van der Waals surface area contributed by atoms with E-state index in [1.165, 1.54) is 29.8 Å². The molecule has 4 rings (SSSR count). The summed E-state index contributed by atoms with van der Waals surface area (Å²) in [5, 5.41) is 38.4. The van der Waals surface area contributed by atoms with Crippen molar-refractivity contribution < 1.29 is 39.0 Å². The smallest absolute Gasteiger partial charge is 0.325 e. The van der Waals surface area contributed by atoms with Crippen LogP contribution in [0.25, 0.3) is 0 Å². The van der Waals surface area contributed by atoms with E-state index in [2.05, 4.69) is 31.3 Å². The van der Waals surface area contributed by atoms with Crippen LogP contribution in [-0.4, -0.2) is 108 Å². The SMILES string of the molecule is CON=C(C(=O)NC1C(=O)N2CC(CSc3nnnn3CC(=O)O)(C(=O)O)CS[C@H]12)c1cccc(NC=O)c1. The van der Waals surface area contributed by atoms with Crippen molar-refractivity contribution in [3.05, 3.63) is 29.8 Å². The third-order valence-corrected chi connectivity index (χ3v) is 8.74. The third-order valence-electron chi connectivity index (χ3n) is 5.91. The van der Waals surface area contributed by atoms with Crippen molar-refractivity contribution in [3.8, 4) is 0 Å². The molecule has 2 aliphatic rings. The number of β-lactam (4-membered cyclic amide) rings is 1. The molecule has 3 atom stereocenters. The van der Waals surface area contributed by atoms with Gasteiger partial charge in [-0.3, -0.25) is 24.0 Å². The quantitative estimate of drug-likeness (QED) is 0.0777. The Bertz CT molecular complexity index is 1340. The summed E-state index contributed by atoms with van der Waals surface area (Å²) >= 11 is 2.19. The molecule has 0 aliphatic carbocycles. The van der Waals surface area contributed by atoms with Crippen LogP contribution in [0.5, 0.6) is 0 Å². The van der Waals surface area contributed by atoms with E-state index >= 15 is 0 Å². The van der Waals surface area contributed by atoms with Gasteiger partial charge >= 0.3 is 11.9 Å².